The van der Waals surface area contributed by atoms with Crippen LogP contribution in [0.1, 0.15) is 40.5 Å². The lowest BCUT2D eigenvalue weighted by Gasteiger charge is -2.38. The van der Waals surface area contributed by atoms with E-state index in [0.29, 0.717) is 25.9 Å². The molecule has 1 rings (SSSR count). The maximum Gasteiger partial charge on any atom is 0.245 e. The second-order valence-corrected chi connectivity index (χ2v) is 5.74. The van der Waals surface area contributed by atoms with Gasteiger partial charge in [-0.1, -0.05) is 13.8 Å². The summed E-state index contributed by atoms with van der Waals surface area (Å²) >= 11 is 0. The van der Waals surface area contributed by atoms with Crippen LogP contribution < -0.4 is 5.32 Å². The molecule has 1 fully saturated rings. The van der Waals surface area contributed by atoms with E-state index in [9.17, 15) is 14.7 Å². The lowest BCUT2D eigenvalue weighted by Crippen LogP contribution is -2.54. The summed E-state index contributed by atoms with van der Waals surface area (Å²) < 4.78 is 0. The molecule has 1 unspecified atom stereocenters. The molecule has 104 valence electrons. The van der Waals surface area contributed by atoms with Gasteiger partial charge in [-0.3, -0.25) is 9.59 Å². The van der Waals surface area contributed by atoms with Crippen LogP contribution in [-0.4, -0.2) is 46.6 Å². The first-order chi connectivity index (χ1) is 8.23. The maximum absolute atomic E-state index is 12.3. The summed E-state index contributed by atoms with van der Waals surface area (Å²) in [6.07, 6.45) is 1.17. The lowest BCUT2D eigenvalue weighted by molar-refractivity contribution is -0.140. The Labute approximate surface area is 109 Å². The topological polar surface area (TPSA) is 69.6 Å². The van der Waals surface area contributed by atoms with Crippen LogP contribution in [0.5, 0.6) is 0 Å². The van der Waals surface area contributed by atoms with Crippen molar-refractivity contribution in [2.45, 2.75) is 52.2 Å². The van der Waals surface area contributed by atoms with Crippen LogP contribution in [0.3, 0.4) is 0 Å². The number of rotatable bonds is 3. The van der Waals surface area contributed by atoms with Crippen molar-refractivity contribution in [1.29, 1.82) is 0 Å². The van der Waals surface area contributed by atoms with E-state index in [2.05, 4.69) is 5.32 Å². The fraction of sp³-hybridized carbons (Fsp3) is 0.846. The molecule has 1 saturated heterocycles. The first-order valence-electron chi connectivity index (χ1n) is 6.51. The Kier molecular flexibility index (Phi) is 4.73. The van der Waals surface area contributed by atoms with E-state index >= 15 is 0 Å². The summed E-state index contributed by atoms with van der Waals surface area (Å²) in [4.78, 5) is 25.2. The first kappa shape index (κ1) is 15.0. The molecule has 0 aromatic heterocycles. The van der Waals surface area contributed by atoms with Gasteiger partial charge in [0.25, 0.3) is 0 Å². The molecular formula is C13H24N2O3. The Hall–Kier alpha value is -1.10. The number of nitrogens with zero attached hydrogens (tertiary/aromatic N) is 1. The van der Waals surface area contributed by atoms with Gasteiger partial charge in [0.15, 0.2) is 0 Å². The summed E-state index contributed by atoms with van der Waals surface area (Å²) in [6, 6.07) is -0.467. The molecule has 1 atom stereocenters. The van der Waals surface area contributed by atoms with E-state index in [1.165, 1.54) is 6.92 Å². The Bertz CT molecular complexity index is 316. The fourth-order valence-electron chi connectivity index (χ4n) is 2.14. The number of piperidine rings is 1. The highest BCUT2D eigenvalue weighted by Gasteiger charge is 2.33. The number of nitrogens with one attached hydrogen (secondary N) is 1. The number of hydrogen-bond donors (Lipinski definition) is 2. The number of amides is 2. The monoisotopic (exact) mass is 256 g/mol. The molecule has 0 radical (unpaired) electrons. The van der Waals surface area contributed by atoms with Gasteiger partial charge >= 0.3 is 0 Å². The molecule has 0 saturated carbocycles. The van der Waals surface area contributed by atoms with Crippen LogP contribution in [0, 0.1) is 5.92 Å². The molecule has 0 aromatic carbocycles. The van der Waals surface area contributed by atoms with E-state index in [0.717, 1.165) is 0 Å². The second-order valence-electron chi connectivity index (χ2n) is 5.74. The molecule has 5 heteroatoms. The SMILES string of the molecule is CC(=O)NC(C(=O)N1CCC(C)(O)CC1)C(C)C. The zero-order valence-corrected chi connectivity index (χ0v) is 11.7. The minimum Gasteiger partial charge on any atom is -0.390 e. The Balaban J connectivity index is 2.64. The molecule has 0 aromatic rings. The second kappa shape index (κ2) is 5.69. The molecule has 0 bridgehead atoms. The highest BCUT2D eigenvalue weighted by Crippen LogP contribution is 2.22. The largest absolute Gasteiger partial charge is 0.390 e. The van der Waals surface area contributed by atoms with E-state index in [1.807, 2.05) is 13.8 Å². The van der Waals surface area contributed by atoms with Crippen LogP contribution >= 0.6 is 0 Å². The lowest BCUT2D eigenvalue weighted by atomic mass is 9.92. The predicted molar refractivity (Wildman–Crippen MR) is 68.9 cm³/mol. The minimum atomic E-state index is -0.669. The van der Waals surface area contributed by atoms with Gasteiger partial charge in [0, 0.05) is 20.0 Å². The molecule has 0 aliphatic carbocycles. The quantitative estimate of drug-likeness (QED) is 0.773. The number of aliphatic hydroxyl groups is 1. The van der Waals surface area contributed by atoms with Crippen molar-refractivity contribution >= 4 is 11.8 Å². The predicted octanol–water partition coefficient (Wildman–Crippen LogP) is 0.520. The molecular weight excluding hydrogens is 232 g/mol. The van der Waals surface area contributed by atoms with Crippen molar-refractivity contribution in [3.63, 3.8) is 0 Å². The average Bonchev–Trinajstić information content (AvgIpc) is 2.24. The average molecular weight is 256 g/mol. The molecule has 1 heterocycles. The van der Waals surface area contributed by atoms with Crippen LogP contribution in [-0.2, 0) is 9.59 Å². The maximum atomic E-state index is 12.3. The number of likely N-dealkylation sites (tertiary alicyclic amines) is 1. The Morgan fingerprint density at radius 2 is 1.78 bits per heavy atom. The molecule has 2 N–H and O–H groups in total. The fourth-order valence-corrected chi connectivity index (χ4v) is 2.14. The summed E-state index contributed by atoms with van der Waals surface area (Å²) in [7, 11) is 0. The highest BCUT2D eigenvalue weighted by atomic mass is 16.3. The van der Waals surface area contributed by atoms with Crippen molar-refractivity contribution in [3.8, 4) is 0 Å². The van der Waals surface area contributed by atoms with E-state index in [4.69, 9.17) is 0 Å². The molecule has 1 aliphatic rings. The standard InChI is InChI=1S/C13H24N2O3/c1-9(2)11(14-10(3)16)12(17)15-7-5-13(4,18)6-8-15/h9,11,18H,5-8H2,1-4H3,(H,14,16). The van der Waals surface area contributed by atoms with Gasteiger partial charge in [-0.05, 0) is 25.7 Å². The first-order valence-corrected chi connectivity index (χ1v) is 6.51. The van der Waals surface area contributed by atoms with Gasteiger partial charge in [-0.25, -0.2) is 0 Å². The van der Waals surface area contributed by atoms with Gasteiger partial charge in [0.1, 0.15) is 6.04 Å². The van der Waals surface area contributed by atoms with E-state index < -0.39 is 11.6 Å². The third-order valence-corrected chi connectivity index (χ3v) is 3.44. The van der Waals surface area contributed by atoms with Gasteiger partial charge in [-0.2, -0.15) is 0 Å². The Morgan fingerprint density at radius 1 is 1.28 bits per heavy atom. The van der Waals surface area contributed by atoms with Crippen molar-refractivity contribution in [2.24, 2.45) is 5.92 Å². The summed E-state index contributed by atoms with van der Waals surface area (Å²) in [5.74, 6) is -0.175. The van der Waals surface area contributed by atoms with E-state index in [1.54, 1.807) is 11.8 Å². The van der Waals surface area contributed by atoms with E-state index in [-0.39, 0.29) is 17.7 Å². The van der Waals surface area contributed by atoms with Gasteiger partial charge in [0.05, 0.1) is 5.60 Å². The van der Waals surface area contributed by atoms with Gasteiger partial charge in [0.2, 0.25) is 11.8 Å². The number of carbonyl (C=O) groups excluding carboxylic acids is 2. The van der Waals surface area contributed by atoms with Crippen molar-refractivity contribution in [1.82, 2.24) is 10.2 Å². The molecule has 18 heavy (non-hydrogen) atoms. The van der Waals surface area contributed by atoms with Crippen LogP contribution in [0.4, 0.5) is 0 Å². The zero-order chi connectivity index (χ0) is 13.9. The van der Waals surface area contributed by atoms with Crippen LogP contribution in [0.25, 0.3) is 0 Å². The van der Waals surface area contributed by atoms with Crippen molar-refractivity contribution in [3.05, 3.63) is 0 Å². The summed E-state index contributed by atoms with van der Waals surface area (Å²) in [6.45, 7) is 8.15. The number of hydrogen-bond acceptors (Lipinski definition) is 3. The Morgan fingerprint density at radius 3 is 2.17 bits per heavy atom. The third-order valence-electron chi connectivity index (χ3n) is 3.44. The minimum absolute atomic E-state index is 0.0456. The highest BCUT2D eigenvalue weighted by molar-refractivity contribution is 5.87. The third kappa shape index (κ3) is 3.98. The van der Waals surface area contributed by atoms with Crippen molar-refractivity contribution < 1.29 is 14.7 Å². The van der Waals surface area contributed by atoms with Crippen LogP contribution in [0.15, 0.2) is 0 Å². The van der Waals surface area contributed by atoms with Crippen LogP contribution in [0.2, 0.25) is 0 Å². The molecule has 1 aliphatic heterocycles. The number of carbonyl (C=O) groups is 2. The van der Waals surface area contributed by atoms with Gasteiger partial charge < -0.3 is 15.3 Å². The smallest absolute Gasteiger partial charge is 0.245 e. The molecule has 5 nitrogen and oxygen atoms in total. The van der Waals surface area contributed by atoms with Gasteiger partial charge in [-0.15, -0.1) is 0 Å². The van der Waals surface area contributed by atoms with Crippen molar-refractivity contribution in [2.75, 3.05) is 13.1 Å². The summed E-state index contributed by atoms with van der Waals surface area (Å²) in [5, 5.41) is 12.6. The summed E-state index contributed by atoms with van der Waals surface area (Å²) in [5.41, 5.74) is -0.669. The zero-order valence-electron chi connectivity index (χ0n) is 11.7. The molecule has 0 spiro atoms. The molecule has 2 amide bonds. The normalized spacial score (nSPS) is 20.7.